The minimum Gasteiger partial charge on any atom is -0.205 e. The highest BCUT2D eigenvalue weighted by Gasteiger charge is 2.07. The van der Waals surface area contributed by atoms with E-state index in [1.54, 1.807) is 0 Å². The zero-order valence-electron chi connectivity index (χ0n) is 21.7. The van der Waals surface area contributed by atoms with Gasteiger partial charge >= 0.3 is 0 Å². The van der Waals surface area contributed by atoms with Crippen LogP contribution in [0.4, 0.5) is 4.39 Å². The monoisotopic (exact) mass is 476 g/mol. The van der Waals surface area contributed by atoms with Gasteiger partial charge in [0.2, 0.25) is 0 Å². The van der Waals surface area contributed by atoms with Crippen LogP contribution >= 0.6 is 0 Å². The van der Waals surface area contributed by atoms with Crippen molar-refractivity contribution in [2.24, 2.45) is 0 Å². The first kappa shape index (κ1) is 25.7. The summed E-state index contributed by atoms with van der Waals surface area (Å²) in [7, 11) is 0. The normalized spacial score (nSPS) is 10.9. The van der Waals surface area contributed by atoms with Crippen LogP contribution in [0.5, 0.6) is 0 Å². The smallest absolute Gasteiger partial charge is 0.146 e. The van der Waals surface area contributed by atoms with Crippen molar-refractivity contribution in [3.05, 3.63) is 118 Å². The molecule has 0 atom stereocenters. The molecule has 4 aromatic carbocycles. The molecule has 0 aromatic heterocycles. The molecule has 0 saturated carbocycles. The van der Waals surface area contributed by atoms with E-state index in [4.69, 9.17) is 0 Å². The Balaban J connectivity index is 1.38. The Morgan fingerprint density at radius 3 is 1.86 bits per heavy atom. The van der Waals surface area contributed by atoms with Gasteiger partial charge in [-0.25, -0.2) is 4.39 Å². The Morgan fingerprint density at radius 2 is 1.19 bits per heavy atom. The standard InChI is InChI=1S/C35H37F/c1-3-5-6-7-9-31-21-25-34-33(26-31)24-23-32(35(34)36)22-20-30-18-16-29(17-19-30)15-14-28-12-10-27(8-4-2)11-13-28/h10-13,16-19,21,23-26H,3-9,14-15H2,1-2H3. The Hall–Kier alpha value is -3.37. The fourth-order valence-corrected chi connectivity index (χ4v) is 4.69. The second kappa shape index (κ2) is 13.1. The molecule has 0 unspecified atom stereocenters. The molecule has 0 fully saturated rings. The Kier molecular flexibility index (Phi) is 9.34. The quantitative estimate of drug-likeness (QED) is 0.158. The lowest BCUT2D eigenvalue weighted by molar-refractivity contribution is 0.636. The van der Waals surface area contributed by atoms with Crippen molar-refractivity contribution in [1.29, 1.82) is 0 Å². The van der Waals surface area contributed by atoms with Crippen molar-refractivity contribution < 1.29 is 4.39 Å². The van der Waals surface area contributed by atoms with E-state index < -0.39 is 0 Å². The predicted octanol–water partition coefficient (Wildman–Crippen LogP) is 9.24. The van der Waals surface area contributed by atoms with Gasteiger partial charge in [0.05, 0.1) is 5.56 Å². The molecule has 0 aliphatic rings. The molecular weight excluding hydrogens is 439 g/mol. The molecule has 0 bridgehead atoms. The molecule has 36 heavy (non-hydrogen) atoms. The largest absolute Gasteiger partial charge is 0.205 e. The highest BCUT2D eigenvalue weighted by Crippen LogP contribution is 2.23. The molecule has 4 rings (SSSR count). The third-order valence-corrected chi connectivity index (χ3v) is 6.90. The Morgan fingerprint density at radius 1 is 0.556 bits per heavy atom. The number of benzene rings is 4. The Bertz CT molecular complexity index is 1320. The van der Waals surface area contributed by atoms with Gasteiger partial charge in [0.25, 0.3) is 0 Å². The summed E-state index contributed by atoms with van der Waals surface area (Å²) in [4.78, 5) is 0. The van der Waals surface area contributed by atoms with Gasteiger partial charge in [0, 0.05) is 10.9 Å². The van der Waals surface area contributed by atoms with Crippen LogP contribution in [0.15, 0.2) is 78.9 Å². The fourth-order valence-electron chi connectivity index (χ4n) is 4.69. The summed E-state index contributed by atoms with van der Waals surface area (Å²) in [5.41, 5.74) is 6.72. The van der Waals surface area contributed by atoms with Crippen molar-refractivity contribution in [3.63, 3.8) is 0 Å². The van der Waals surface area contributed by atoms with E-state index in [0.717, 1.165) is 36.6 Å². The fraction of sp³-hybridized carbons (Fsp3) is 0.314. The average molecular weight is 477 g/mol. The van der Waals surface area contributed by atoms with Crippen LogP contribution in [0.25, 0.3) is 10.8 Å². The summed E-state index contributed by atoms with van der Waals surface area (Å²) < 4.78 is 15.1. The third kappa shape index (κ3) is 7.08. The highest BCUT2D eigenvalue weighted by molar-refractivity contribution is 5.85. The minimum absolute atomic E-state index is 0.223. The summed E-state index contributed by atoms with van der Waals surface area (Å²) in [5.74, 6) is 5.98. The van der Waals surface area contributed by atoms with Gasteiger partial charge in [-0.15, -0.1) is 0 Å². The highest BCUT2D eigenvalue weighted by atomic mass is 19.1. The van der Waals surface area contributed by atoms with Gasteiger partial charge in [-0.05, 0) is 77.9 Å². The molecule has 184 valence electrons. The van der Waals surface area contributed by atoms with Crippen molar-refractivity contribution in [3.8, 4) is 11.8 Å². The molecule has 0 aliphatic heterocycles. The first-order chi connectivity index (χ1) is 17.7. The van der Waals surface area contributed by atoms with Crippen LogP contribution in [-0.4, -0.2) is 0 Å². The van der Waals surface area contributed by atoms with Crippen LogP contribution in [0, 0.1) is 17.7 Å². The maximum Gasteiger partial charge on any atom is 0.146 e. The van der Waals surface area contributed by atoms with Crippen LogP contribution in [0.3, 0.4) is 0 Å². The number of unbranched alkanes of at least 4 members (excludes halogenated alkanes) is 3. The van der Waals surface area contributed by atoms with Crippen molar-refractivity contribution in [2.75, 3.05) is 0 Å². The maximum absolute atomic E-state index is 15.1. The lowest BCUT2D eigenvalue weighted by atomic mass is 10.00. The molecule has 0 radical (unpaired) electrons. The predicted molar refractivity (Wildman–Crippen MR) is 152 cm³/mol. The first-order valence-electron chi connectivity index (χ1n) is 13.6. The first-order valence-corrected chi connectivity index (χ1v) is 13.6. The average Bonchev–Trinajstić information content (AvgIpc) is 2.91. The third-order valence-electron chi connectivity index (χ3n) is 6.90. The summed E-state index contributed by atoms with van der Waals surface area (Å²) in [6, 6.07) is 27.2. The molecule has 1 heteroatoms. The second-order valence-corrected chi connectivity index (χ2v) is 9.81. The number of rotatable bonds is 10. The van der Waals surface area contributed by atoms with Crippen molar-refractivity contribution in [2.45, 2.75) is 71.6 Å². The van der Waals surface area contributed by atoms with Crippen LogP contribution in [0.1, 0.15) is 79.3 Å². The van der Waals surface area contributed by atoms with Gasteiger partial charge in [-0.2, -0.15) is 0 Å². The number of hydrogen-bond acceptors (Lipinski definition) is 0. The lowest BCUT2D eigenvalue weighted by Crippen LogP contribution is -1.92. The van der Waals surface area contributed by atoms with Gasteiger partial charge < -0.3 is 0 Å². The van der Waals surface area contributed by atoms with Crippen LogP contribution in [0.2, 0.25) is 0 Å². The van der Waals surface area contributed by atoms with Gasteiger partial charge in [0.1, 0.15) is 5.82 Å². The van der Waals surface area contributed by atoms with E-state index in [2.05, 4.69) is 74.2 Å². The number of hydrogen-bond donors (Lipinski definition) is 0. The summed E-state index contributed by atoms with van der Waals surface area (Å²) in [5, 5.41) is 1.60. The number of fused-ring (bicyclic) bond motifs is 1. The number of halogens is 1. The van der Waals surface area contributed by atoms with E-state index in [9.17, 15) is 0 Å². The van der Waals surface area contributed by atoms with Crippen LogP contribution < -0.4 is 0 Å². The van der Waals surface area contributed by atoms with E-state index in [1.807, 2.05) is 30.3 Å². The Labute approximate surface area is 216 Å². The molecule has 0 aliphatic carbocycles. The number of aryl methyl sites for hydroxylation is 4. The molecular formula is C35H37F. The maximum atomic E-state index is 15.1. The molecule has 4 aromatic rings. The van der Waals surface area contributed by atoms with Crippen molar-refractivity contribution >= 4 is 10.8 Å². The molecule has 0 nitrogen and oxygen atoms in total. The summed E-state index contributed by atoms with van der Waals surface area (Å²) >= 11 is 0. The molecule has 0 spiro atoms. The minimum atomic E-state index is -0.223. The lowest BCUT2D eigenvalue weighted by Gasteiger charge is -2.06. The second-order valence-electron chi connectivity index (χ2n) is 9.81. The van der Waals surface area contributed by atoms with E-state index in [1.165, 1.54) is 54.4 Å². The molecule has 0 heterocycles. The van der Waals surface area contributed by atoms with E-state index in [-0.39, 0.29) is 5.82 Å². The van der Waals surface area contributed by atoms with Gasteiger partial charge in [0.15, 0.2) is 0 Å². The zero-order valence-corrected chi connectivity index (χ0v) is 21.7. The topological polar surface area (TPSA) is 0 Å². The molecule has 0 saturated heterocycles. The molecule has 0 N–H and O–H groups in total. The van der Waals surface area contributed by atoms with E-state index in [0.29, 0.717) is 10.9 Å². The van der Waals surface area contributed by atoms with E-state index >= 15 is 4.39 Å². The summed E-state index contributed by atoms with van der Waals surface area (Å²) in [6.07, 6.45) is 10.4. The zero-order chi connectivity index (χ0) is 25.2. The SMILES string of the molecule is CCCCCCc1ccc2c(F)c(C#Cc3ccc(CCc4ccc(CCC)cc4)cc3)ccc2c1. The molecule has 0 amide bonds. The van der Waals surface area contributed by atoms with Crippen LogP contribution in [-0.2, 0) is 25.7 Å². The van der Waals surface area contributed by atoms with Crippen molar-refractivity contribution in [1.82, 2.24) is 0 Å². The van der Waals surface area contributed by atoms with Gasteiger partial charge in [-0.3, -0.25) is 0 Å². The van der Waals surface area contributed by atoms with Gasteiger partial charge in [-0.1, -0.05) is 112 Å². The summed E-state index contributed by atoms with van der Waals surface area (Å²) in [6.45, 7) is 4.44.